The number of halogens is 2. The predicted octanol–water partition coefficient (Wildman–Crippen LogP) is 4.53. The van der Waals surface area contributed by atoms with Gasteiger partial charge in [-0.05, 0) is 42.3 Å². The van der Waals surface area contributed by atoms with Crippen LogP contribution in [0.5, 0.6) is 11.5 Å². The zero-order valence-electron chi connectivity index (χ0n) is 10.7. The fourth-order valence-electron chi connectivity index (χ4n) is 1.78. The van der Waals surface area contributed by atoms with Crippen LogP contribution in [0.4, 0.5) is 4.39 Å². The van der Waals surface area contributed by atoms with Gasteiger partial charge in [0.2, 0.25) is 0 Å². The average Bonchev–Trinajstić information content (AvgIpc) is 2.42. The number of para-hydroxylation sites is 1. The van der Waals surface area contributed by atoms with E-state index in [1.54, 1.807) is 18.2 Å². The highest BCUT2D eigenvalue weighted by Gasteiger charge is 2.16. The molecule has 20 heavy (non-hydrogen) atoms. The van der Waals surface area contributed by atoms with Crippen LogP contribution in [0.1, 0.15) is 22.8 Å². The lowest BCUT2D eigenvalue weighted by Gasteiger charge is -2.11. The summed E-state index contributed by atoms with van der Waals surface area (Å²) >= 11 is 5.99. The highest BCUT2D eigenvalue weighted by molar-refractivity contribution is 6.31. The van der Waals surface area contributed by atoms with Crippen molar-refractivity contribution in [3.63, 3.8) is 0 Å². The number of hydrogen-bond donors (Lipinski definition) is 1. The highest BCUT2D eigenvalue weighted by Crippen LogP contribution is 2.31. The van der Waals surface area contributed by atoms with Crippen LogP contribution in [0, 0.1) is 5.82 Å². The standard InChI is InChI=1S/C15H12ClFO3/c1-2-9-8-10(6-7-12(9)16)20-14-11(15(18)19)4-3-5-13(14)17/h3-8H,2H2,1H3,(H,18,19). The third-order valence-corrected chi connectivity index (χ3v) is 3.18. The molecule has 0 saturated heterocycles. The summed E-state index contributed by atoms with van der Waals surface area (Å²) in [6.07, 6.45) is 0.694. The van der Waals surface area contributed by atoms with Gasteiger partial charge >= 0.3 is 5.97 Å². The van der Waals surface area contributed by atoms with Crippen LogP contribution in [0.15, 0.2) is 36.4 Å². The summed E-state index contributed by atoms with van der Waals surface area (Å²) in [6, 6.07) is 8.64. The lowest BCUT2D eigenvalue weighted by atomic mass is 10.1. The van der Waals surface area contributed by atoms with E-state index in [-0.39, 0.29) is 11.3 Å². The number of carboxylic acids is 1. The molecule has 0 amide bonds. The van der Waals surface area contributed by atoms with Gasteiger partial charge in [-0.1, -0.05) is 24.6 Å². The molecule has 0 saturated carbocycles. The molecule has 5 heteroatoms. The minimum Gasteiger partial charge on any atom is -0.478 e. The second-order valence-electron chi connectivity index (χ2n) is 4.13. The number of rotatable bonds is 4. The molecule has 104 valence electrons. The summed E-state index contributed by atoms with van der Waals surface area (Å²) in [5.74, 6) is -1.93. The molecule has 0 heterocycles. The maximum Gasteiger partial charge on any atom is 0.339 e. The minimum atomic E-state index is -1.25. The Kier molecular flexibility index (Phi) is 4.25. The van der Waals surface area contributed by atoms with E-state index in [4.69, 9.17) is 21.4 Å². The molecule has 0 aliphatic heterocycles. The van der Waals surface area contributed by atoms with Crippen LogP contribution in [-0.4, -0.2) is 11.1 Å². The topological polar surface area (TPSA) is 46.5 Å². The summed E-state index contributed by atoms with van der Waals surface area (Å²) < 4.78 is 19.1. The van der Waals surface area contributed by atoms with E-state index in [9.17, 15) is 9.18 Å². The molecule has 0 fully saturated rings. The van der Waals surface area contributed by atoms with Gasteiger partial charge in [0, 0.05) is 5.02 Å². The molecular formula is C15H12ClFO3. The number of hydrogen-bond acceptors (Lipinski definition) is 2. The van der Waals surface area contributed by atoms with Crippen LogP contribution in [0.25, 0.3) is 0 Å². The van der Waals surface area contributed by atoms with E-state index in [0.717, 1.165) is 11.6 Å². The van der Waals surface area contributed by atoms with Gasteiger partial charge in [-0.3, -0.25) is 0 Å². The van der Waals surface area contributed by atoms with E-state index >= 15 is 0 Å². The van der Waals surface area contributed by atoms with Crippen molar-refractivity contribution >= 4 is 17.6 Å². The molecule has 0 bridgehead atoms. The van der Waals surface area contributed by atoms with Gasteiger partial charge in [-0.25, -0.2) is 9.18 Å². The first-order chi connectivity index (χ1) is 9.52. The van der Waals surface area contributed by atoms with Crippen LogP contribution in [0.3, 0.4) is 0 Å². The second kappa shape index (κ2) is 5.92. The summed E-state index contributed by atoms with van der Waals surface area (Å²) in [6.45, 7) is 1.93. The molecule has 0 spiro atoms. The molecule has 0 aliphatic carbocycles. The smallest absolute Gasteiger partial charge is 0.339 e. The molecule has 2 aromatic rings. The summed E-state index contributed by atoms with van der Waals surface area (Å²) in [7, 11) is 0. The van der Waals surface area contributed by atoms with Crippen LogP contribution in [-0.2, 0) is 6.42 Å². The average molecular weight is 295 g/mol. The van der Waals surface area contributed by atoms with Gasteiger partial charge in [0.15, 0.2) is 11.6 Å². The number of ether oxygens (including phenoxy) is 1. The number of aromatic carboxylic acids is 1. The molecule has 1 N–H and O–H groups in total. The molecule has 3 nitrogen and oxygen atoms in total. The van der Waals surface area contributed by atoms with Gasteiger partial charge < -0.3 is 9.84 Å². The van der Waals surface area contributed by atoms with E-state index < -0.39 is 11.8 Å². The lowest BCUT2D eigenvalue weighted by molar-refractivity contribution is 0.0693. The van der Waals surface area contributed by atoms with Crippen molar-refractivity contribution in [2.75, 3.05) is 0 Å². The maximum absolute atomic E-state index is 13.7. The molecule has 2 rings (SSSR count). The minimum absolute atomic E-state index is 0.224. The first kappa shape index (κ1) is 14.3. The normalized spacial score (nSPS) is 10.3. The molecule has 0 unspecified atom stereocenters. The SMILES string of the molecule is CCc1cc(Oc2c(F)cccc2C(=O)O)ccc1Cl. The van der Waals surface area contributed by atoms with Crippen molar-refractivity contribution in [2.24, 2.45) is 0 Å². The van der Waals surface area contributed by atoms with Crippen LogP contribution < -0.4 is 4.74 Å². The van der Waals surface area contributed by atoms with Crippen molar-refractivity contribution in [3.05, 3.63) is 58.4 Å². The first-order valence-electron chi connectivity index (χ1n) is 6.01. The zero-order chi connectivity index (χ0) is 14.7. The van der Waals surface area contributed by atoms with Gasteiger partial charge in [-0.15, -0.1) is 0 Å². The Morgan fingerprint density at radius 3 is 2.75 bits per heavy atom. The van der Waals surface area contributed by atoms with Crippen molar-refractivity contribution in [3.8, 4) is 11.5 Å². The van der Waals surface area contributed by atoms with E-state index in [1.165, 1.54) is 12.1 Å². The highest BCUT2D eigenvalue weighted by atomic mass is 35.5. The Balaban J connectivity index is 2.42. The van der Waals surface area contributed by atoms with E-state index in [2.05, 4.69) is 0 Å². The van der Waals surface area contributed by atoms with E-state index in [1.807, 2.05) is 6.92 Å². The first-order valence-corrected chi connectivity index (χ1v) is 6.38. The van der Waals surface area contributed by atoms with Crippen LogP contribution in [0.2, 0.25) is 5.02 Å². The van der Waals surface area contributed by atoms with Crippen LogP contribution >= 0.6 is 11.6 Å². The fourth-order valence-corrected chi connectivity index (χ4v) is 2.04. The van der Waals surface area contributed by atoms with Gasteiger partial charge in [0.25, 0.3) is 0 Å². The molecule has 0 radical (unpaired) electrons. The second-order valence-corrected chi connectivity index (χ2v) is 4.54. The monoisotopic (exact) mass is 294 g/mol. The molecular weight excluding hydrogens is 283 g/mol. The molecule has 0 aliphatic rings. The Morgan fingerprint density at radius 1 is 1.35 bits per heavy atom. The van der Waals surface area contributed by atoms with Crippen molar-refractivity contribution in [2.45, 2.75) is 13.3 Å². The van der Waals surface area contributed by atoms with Gasteiger partial charge in [-0.2, -0.15) is 0 Å². The summed E-state index contributed by atoms with van der Waals surface area (Å²) in [5, 5.41) is 9.63. The third-order valence-electron chi connectivity index (χ3n) is 2.82. The quantitative estimate of drug-likeness (QED) is 0.901. The number of benzene rings is 2. The number of aryl methyl sites for hydroxylation is 1. The van der Waals surface area contributed by atoms with Crippen molar-refractivity contribution in [1.29, 1.82) is 0 Å². The van der Waals surface area contributed by atoms with Gasteiger partial charge in [0.05, 0.1) is 0 Å². The predicted molar refractivity (Wildman–Crippen MR) is 74.3 cm³/mol. The zero-order valence-corrected chi connectivity index (χ0v) is 11.4. The summed E-state index contributed by atoms with van der Waals surface area (Å²) in [4.78, 5) is 11.1. The molecule has 0 atom stereocenters. The maximum atomic E-state index is 13.7. The van der Waals surface area contributed by atoms with Crippen molar-refractivity contribution < 1.29 is 19.0 Å². The largest absolute Gasteiger partial charge is 0.478 e. The summed E-state index contributed by atoms with van der Waals surface area (Å²) in [5.41, 5.74) is 0.621. The third kappa shape index (κ3) is 2.91. The Morgan fingerprint density at radius 2 is 2.10 bits per heavy atom. The van der Waals surface area contributed by atoms with Gasteiger partial charge in [0.1, 0.15) is 11.3 Å². The number of carbonyl (C=O) groups is 1. The Hall–Kier alpha value is -2.07. The fraction of sp³-hybridized carbons (Fsp3) is 0.133. The Labute approximate surface area is 120 Å². The molecule has 0 aromatic heterocycles. The molecule has 2 aromatic carbocycles. The Bertz CT molecular complexity index is 656. The number of carboxylic acid groups (broad SMARTS) is 1. The van der Waals surface area contributed by atoms with Crippen molar-refractivity contribution in [1.82, 2.24) is 0 Å². The van der Waals surface area contributed by atoms with E-state index in [0.29, 0.717) is 17.2 Å². The lowest BCUT2D eigenvalue weighted by Crippen LogP contribution is -2.02.